The molecular formula is C19H23ClN2O. The van der Waals surface area contributed by atoms with Gasteiger partial charge in [-0.2, -0.15) is 0 Å². The van der Waals surface area contributed by atoms with Crippen LogP contribution in [0, 0.1) is 6.92 Å². The van der Waals surface area contributed by atoms with Crippen molar-refractivity contribution in [3.05, 3.63) is 70.2 Å². The Kier molecular flexibility index (Phi) is 6.63. The summed E-state index contributed by atoms with van der Waals surface area (Å²) in [6, 6.07) is 16.0. The molecule has 0 aliphatic carbocycles. The second kappa shape index (κ2) is 8.70. The number of aryl methyl sites for hydroxylation is 1. The molecule has 122 valence electrons. The molecule has 2 N–H and O–H groups in total. The van der Waals surface area contributed by atoms with Gasteiger partial charge in [-0.05, 0) is 31.0 Å². The third kappa shape index (κ3) is 6.05. The highest BCUT2D eigenvalue weighted by Gasteiger charge is 2.05. The number of nitrogens with zero attached hydrogens (tertiary/aromatic N) is 1. The highest BCUT2D eigenvalue weighted by Crippen LogP contribution is 2.16. The van der Waals surface area contributed by atoms with E-state index >= 15 is 0 Å². The average molecular weight is 331 g/mol. The molecule has 0 spiro atoms. The van der Waals surface area contributed by atoms with Crippen molar-refractivity contribution >= 4 is 17.4 Å². The third-order valence-electron chi connectivity index (χ3n) is 3.50. The molecule has 0 aromatic heterocycles. The molecule has 23 heavy (non-hydrogen) atoms. The molecule has 4 heteroatoms. The van der Waals surface area contributed by atoms with Gasteiger partial charge in [0, 0.05) is 11.4 Å². The molecule has 0 fully saturated rings. The third-order valence-corrected chi connectivity index (χ3v) is 3.87. The van der Waals surface area contributed by atoms with Gasteiger partial charge >= 0.3 is 0 Å². The summed E-state index contributed by atoms with van der Waals surface area (Å²) in [5.41, 5.74) is 9.40. The molecule has 0 amide bonds. The minimum absolute atomic E-state index is 0.0117. The average Bonchev–Trinajstić information content (AvgIpc) is 2.52. The van der Waals surface area contributed by atoms with Crippen molar-refractivity contribution in [3.8, 4) is 0 Å². The van der Waals surface area contributed by atoms with Crippen LogP contribution in [0.15, 0.2) is 53.5 Å². The molecule has 2 aromatic carbocycles. The Morgan fingerprint density at radius 2 is 2.00 bits per heavy atom. The maximum atomic E-state index is 6.11. The van der Waals surface area contributed by atoms with Gasteiger partial charge in [0.05, 0.1) is 25.1 Å². The van der Waals surface area contributed by atoms with Gasteiger partial charge in [0.25, 0.3) is 0 Å². The predicted molar refractivity (Wildman–Crippen MR) is 97.1 cm³/mol. The molecule has 0 aliphatic rings. The lowest BCUT2D eigenvalue weighted by Gasteiger charge is -2.12. The molecule has 1 unspecified atom stereocenters. The molecule has 2 rings (SSSR count). The van der Waals surface area contributed by atoms with Crippen LogP contribution in [0.5, 0.6) is 0 Å². The van der Waals surface area contributed by atoms with E-state index in [2.05, 4.69) is 30.1 Å². The minimum Gasteiger partial charge on any atom is -0.387 e. The molecule has 0 heterocycles. The molecule has 0 aliphatic heterocycles. The summed E-state index contributed by atoms with van der Waals surface area (Å²) >= 11 is 6.11. The highest BCUT2D eigenvalue weighted by atomic mass is 35.5. The number of rotatable bonds is 7. The first-order valence-electron chi connectivity index (χ1n) is 7.74. The van der Waals surface area contributed by atoms with Crippen molar-refractivity contribution in [1.82, 2.24) is 0 Å². The number of nitrogens with two attached hydrogens (primary N) is 1. The minimum atomic E-state index is -0.0117. The van der Waals surface area contributed by atoms with Crippen LogP contribution in [0.2, 0.25) is 5.02 Å². The smallest absolute Gasteiger partial charge is 0.0982 e. The summed E-state index contributed by atoms with van der Waals surface area (Å²) in [6.07, 6.45) is 0.654. The van der Waals surface area contributed by atoms with Crippen LogP contribution in [0.25, 0.3) is 0 Å². The molecule has 0 saturated carbocycles. The Labute approximate surface area is 143 Å². The van der Waals surface area contributed by atoms with Crippen molar-refractivity contribution in [3.63, 3.8) is 0 Å². The largest absolute Gasteiger partial charge is 0.387 e. The Morgan fingerprint density at radius 1 is 1.22 bits per heavy atom. The van der Waals surface area contributed by atoms with Crippen LogP contribution in [0.1, 0.15) is 23.6 Å². The number of aliphatic imine (C=N–C) groups is 1. The molecule has 0 radical (unpaired) electrons. The first-order chi connectivity index (χ1) is 11.0. The van der Waals surface area contributed by atoms with E-state index in [0.29, 0.717) is 25.4 Å². The molecule has 3 nitrogen and oxygen atoms in total. The first kappa shape index (κ1) is 17.5. The van der Waals surface area contributed by atoms with Crippen molar-refractivity contribution < 1.29 is 4.74 Å². The fourth-order valence-electron chi connectivity index (χ4n) is 2.23. The van der Waals surface area contributed by atoms with E-state index < -0.39 is 0 Å². The lowest BCUT2D eigenvalue weighted by atomic mass is 10.1. The van der Waals surface area contributed by atoms with Gasteiger partial charge < -0.3 is 10.5 Å². The quantitative estimate of drug-likeness (QED) is 0.612. The summed E-state index contributed by atoms with van der Waals surface area (Å²) in [5, 5.41) is 0.724. The molecule has 1 atom stereocenters. The van der Waals surface area contributed by atoms with Gasteiger partial charge in [-0.3, -0.25) is 4.99 Å². The van der Waals surface area contributed by atoms with E-state index in [-0.39, 0.29) is 6.10 Å². The Morgan fingerprint density at radius 3 is 2.74 bits per heavy atom. The normalized spacial score (nSPS) is 13.1. The van der Waals surface area contributed by atoms with Crippen LogP contribution < -0.4 is 5.73 Å². The van der Waals surface area contributed by atoms with E-state index in [0.717, 1.165) is 10.6 Å². The number of hydrogen-bond donors (Lipinski definition) is 1. The SMILES string of the molecule is Cc1cccc(CC(N)=NCC(C)OCc2ccccc2Cl)c1. The topological polar surface area (TPSA) is 47.6 Å². The summed E-state index contributed by atoms with van der Waals surface area (Å²) < 4.78 is 5.78. The molecule has 0 bridgehead atoms. The Balaban J connectivity index is 1.80. The van der Waals surface area contributed by atoms with E-state index in [1.165, 1.54) is 11.1 Å². The predicted octanol–water partition coefficient (Wildman–Crippen LogP) is 4.15. The van der Waals surface area contributed by atoms with Gasteiger partial charge in [0.1, 0.15) is 0 Å². The standard InChI is InChI=1S/C19H23ClN2O/c1-14-6-5-7-16(10-14)11-19(21)22-12-15(2)23-13-17-8-3-4-9-18(17)20/h3-10,15H,11-13H2,1-2H3,(H2,21,22). The number of halogens is 1. The second-order valence-corrected chi connectivity index (χ2v) is 6.12. The van der Waals surface area contributed by atoms with Gasteiger partial charge in [-0.25, -0.2) is 0 Å². The van der Waals surface area contributed by atoms with Crippen LogP contribution >= 0.6 is 11.6 Å². The zero-order chi connectivity index (χ0) is 16.7. The maximum absolute atomic E-state index is 6.11. The molecular weight excluding hydrogens is 308 g/mol. The number of amidine groups is 1. The zero-order valence-corrected chi connectivity index (χ0v) is 14.4. The Bertz CT molecular complexity index is 670. The van der Waals surface area contributed by atoms with Crippen LogP contribution in [0.3, 0.4) is 0 Å². The van der Waals surface area contributed by atoms with Crippen LogP contribution in [0.4, 0.5) is 0 Å². The highest BCUT2D eigenvalue weighted by molar-refractivity contribution is 6.31. The fourth-order valence-corrected chi connectivity index (χ4v) is 2.42. The van der Waals surface area contributed by atoms with Crippen molar-refractivity contribution in [2.24, 2.45) is 10.7 Å². The first-order valence-corrected chi connectivity index (χ1v) is 8.11. The zero-order valence-electron chi connectivity index (χ0n) is 13.6. The van der Waals surface area contributed by atoms with Crippen molar-refractivity contribution in [2.45, 2.75) is 33.0 Å². The van der Waals surface area contributed by atoms with E-state index in [1.54, 1.807) is 0 Å². The van der Waals surface area contributed by atoms with E-state index in [4.69, 9.17) is 22.1 Å². The van der Waals surface area contributed by atoms with E-state index in [9.17, 15) is 0 Å². The lowest BCUT2D eigenvalue weighted by Crippen LogP contribution is -2.19. The van der Waals surface area contributed by atoms with Gasteiger partial charge in [0.2, 0.25) is 0 Å². The summed E-state index contributed by atoms with van der Waals surface area (Å²) in [6.45, 7) is 5.08. The number of ether oxygens (including phenoxy) is 1. The summed E-state index contributed by atoms with van der Waals surface area (Å²) in [4.78, 5) is 4.42. The van der Waals surface area contributed by atoms with Crippen LogP contribution in [-0.2, 0) is 17.8 Å². The van der Waals surface area contributed by atoms with Crippen molar-refractivity contribution in [1.29, 1.82) is 0 Å². The van der Waals surface area contributed by atoms with Gasteiger partial charge in [-0.1, -0.05) is 59.6 Å². The summed E-state index contributed by atoms with van der Waals surface area (Å²) in [7, 11) is 0. The van der Waals surface area contributed by atoms with E-state index in [1.807, 2.05) is 37.3 Å². The lowest BCUT2D eigenvalue weighted by molar-refractivity contribution is 0.0593. The number of hydrogen-bond acceptors (Lipinski definition) is 2. The summed E-state index contributed by atoms with van der Waals surface area (Å²) in [5.74, 6) is 0.629. The molecule has 0 saturated heterocycles. The molecule has 2 aromatic rings. The number of benzene rings is 2. The van der Waals surface area contributed by atoms with Gasteiger partial charge in [-0.15, -0.1) is 0 Å². The second-order valence-electron chi connectivity index (χ2n) is 5.71. The monoisotopic (exact) mass is 330 g/mol. The van der Waals surface area contributed by atoms with Gasteiger partial charge in [0.15, 0.2) is 0 Å². The maximum Gasteiger partial charge on any atom is 0.0982 e. The van der Waals surface area contributed by atoms with Crippen molar-refractivity contribution in [2.75, 3.05) is 6.54 Å². The fraction of sp³-hybridized carbons (Fsp3) is 0.316. The Hall–Kier alpha value is -1.84. The van der Waals surface area contributed by atoms with Crippen LogP contribution in [-0.4, -0.2) is 18.5 Å².